The molecule has 2 saturated heterocycles. The van der Waals surface area contributed by atoms with Gasteiger partial charge in [-0.1, -0.05) is 24.3 Å². The first kappa shape index (κ1) is 44.6. The van der Waals surface area contributed by atoms with Crippen LogP contribution in [0.25, 0.3) is 0 Å². The van der Waals surface area contributed by atoms with E-state index in [0.29, 0.717) is 51.2 Å². The zero-order chi connectivity index (χ0) is 42.3. The highest BCUT2D eigenvalue weighted by Crippen LogP contribution is 2.23. The number of nitrogens with one attached hydrogen (secondary N) is 1. The second-order valence-electron chi connectivity index (χ2n) is 14.1. The predicted molar refractivity (Wildman–Crippen MR) is 213 cm³/mol. The SMILES string of the molecule is COc1ccc(CN(Cc2ccc(OC)cc2)c2ncc(N3CCN(C(=O)OC(C)(C)C)CC3)cn2)cc1.Nc1ncc(N2CCNCC2)cn1.O=C(O)C(F)(F)F. The molecule has 0 radical (unpaired) electrons. The fourth-order valence-electron chi connectivity index (χ4n) is 5.63. The number of ether oxygens (including phenoxy) is 3. The van der Waals surface area contributed by atoms with Crippen LogP contribution >= 0.6 is 0 Å². The summed E-state index contributed by atoms with van der Waals surface area (Å²) >= 11 is 0. The van der Waals surface area contributed by atoms with Gasteiger partial charge >= 0.3 is 18.2 Å². The number of piperazine rings is 2. The number of benzene rings is 2. The molecule has 2 aromatic heterocycles. The van der Waals surface area contributed by atoms with Gasteiger partial charge in [-0.15, -0.1) is 0 Å². The Kier molecular flexibility index (Phi) is 16.1. The summed E-state index contributed by atoms with van der Waals surface area (Å²) in [6.45, 7) is 13.6. The molecule has 1 amide bonds. The molecule has 314 valence electrons. The maximum Gasteiger partial charge on any atom is 0.490 e. The van der Waals surface area contributed by atoms with E-state index < -0.39 is 17.7 Å². The van der Waals surface area contributed by atoms with Crippen LogP contribution in [0, 0.1) is 0 Å². The Morgan fingerprint density at radius 2 is 1.16 bits per heavy atom. The lowest BCUT2D eigenvalue weighted by atomic mass is 10.1. The third kappa shape index (κ3) is 14.4. The molecular weight excluding hydrogens is 761 g/mol. The van der Waals surface area contributed by atoms with Gasteiger partial charge in [0, 0.05) is 65.4 Å². The van der Waals surface area contributed by atoms with Crippen LogP contribution in [0.1, 0.15) is 31.9 Å². The van der Waals surface area contributed by atoms with Crippen molar-refractivity contribution in [2.24, 2.45) is 0 Å². The van der Waals surface area contributed by atoms with Gasteiger partial charge in [0.15, 0.2) is 0 Å². The number of hydrogen-bond acceptors (Lipinski definition) is 14. The topological polar surface area (TPSA) is 185 Å². The summed E-state index contributed by atoms with van der Waals surface area (Å²) in [5.41, 5.74) is 9.15. The number of nitrogens with two attached hydrogens (primary N) is 1. The minimum Gasteiger partial charge on any atom is -0.497 e. The zero-order valence-corrected chi connectivity index (χ0v) is 33.3. The van der Waals surface area contributed by atoms with Crippen LogP contribution in [0.4, 0.5) is 41.2 Å². The Morgan fingerprint density at radius 1 is 0.741 bits per heavy atom. The highest BCUT2D eigenvalue weighted by atomic mass is 19.4. The summed E-state index contributed by atoms with van der Waals surface area (Å²) in [5.74, 6) is -0.134. The van der Waals surface area contributed by atoms with Crippen LogP contribution in [0.15, 0.2) is 73.3 Å². The largest absolute Gasteiger partial charge is 0.497 e. The summed E-state index contributed by atoms with van der Waals surface area (Å²) in [6, 6.07) is 16.1. The van der Waals surface area contributed by atoms with Crippen molar-refractivity contribution in [2.45, 2.75) is 45.6 Å². The Morgan fingerprint density at radius 3 is 1.55 bits per heavy atom. The molecule has 0 atom stereocenters. The summed E-state index contributed by atoms with van der Waals surface area (Å²) in [4.78, 5) is 47.0. The average molecular weight is 813 g/mol. The number of anilines is 4. The van der Waals surface area contributed by atoms with Crippen molar-refractivity contribution in [1.82, 2.24) is 30.2 Å². The number of rotatable bonds is 9. The van der Waals surface area contributed by atoms with Crippen LogP contribution in [-0.2, 0) is 22.6 Å². The number of halogens is 3. The molecule has 19 heteroatoms. The van der Waals surface area contributed by atoms with Gasteiger partial charge in [-0.25, -0.2) is 29.5 Å². The molecule has 0 unspecified atom stereocenters. The number of carboxylic acids is 1. The molecule has 2 aliphatic heterocycles. The number of nitrogen functional groups attached to an aromatic ring is 1. The lowest BCUT2D eigenvalue weighted by Crippen LogP contribution is -2.50. The first-order valence-corrected chi connectivity index (χ1v) is 18.4. The molecule has 0 bridgehead atoms. The number of carbonyl (C=O) groups is 2. The van der Waals surface area contributed by atoms with Crippen LogP contribution in [0.2, 0.25) is 0 Å². The minimum absolute atomic E-state index is 0.267. The van der Waals surface area contributed by atoms with Gasteiger partial charge in [0.05, 0.1) is 50.4 Å². The van der Waals surface area contributed by atoms with E-state index >= 15 is 0 Å². The summed E-state index contributed by atoms with van der Waals surface area (Å²) < 4.78 is 47.9. The Labute approximate surface area is 335 Å². The van der Waals surface area contributed by atoms with Crippen molar-refractivity contribution >= 4 is 35.3 Å². The fourth-order valence-corrected chi connectivity index (χ4v) is 5.63. The quantitative estimate of drug-likeness (QED) is 0.208. The van der Waals surface area contributed by atoms with Gasteiger partial charge in [-0.3, -0.25) is 0 Å². The van der Waals surface area contributed by atoms with E-state index in [4.69, 9.17) is 39.8 Å². The van der Waals surface area contributed by atoms with Gasteiger partial charge in [0.2, 0.25) is 11.9 Å². The van der Waals surface area contributed by atoms with Gasteiger partial charge in [0.25, 0.3) is 0 Å². The molecule has 2 fully saturated rings. The van der Waals surface area contributed by atoms with Crippen molar-refractivity contribution in [3.05, 3.63) is 84.4 Å². The third-order valence-corrected chi connectivity index (χ3v) is 8.65. The molecular formula is C39H51F3N10O6. The van der Waals surface area contributed by atoms with Gasteiger partial charge in [-0.05, 0) is 56.2 Å². The summed E-state index contributed by atoms with van der Waals surface area (Å²) in [6.07, 6.45) is 1.92. The molecule has 4 aromatic rings. The number of carboxylic acid groups (broad SMARTS) is 1. The standard InChI is InChI=1S/C29H37N5O4.C8H13N5.C2HF3O2/c1-29(2,3)38-28(35)33-16-14-32(15-17-33)24-18-30-27(31-19-24)34(20-22-6-10-25(36-4)11-7-22)21-23-8-12-26(37-5)13-9-23;9-8-11-5-7(6-12-8)13-3-1-10-2-4-13;3-2(4,5)1(6)7/h6-13,18-19H,14-17,20-21H2,1-5H3;5-6,10H,1-4H2,(H2,9,11,12);(H,6,7). The summed E-state index contributed by atoms with van der Waals surface area (Å²) in [7, 11) is 3.33. The van der Waals surface area contributed by atoms with Crippen LogP contribution < -0.4 is 35.2 Å². The Bertz CT molecular complexity index is 1800. The van der Waals surface area contributed by atoms with E-state index in [9.17, 15) is 18.0 Å². The van der Waals surface area contributed by atoms with Crippen molar-refractivity contribution in [2.75, 3.05) is 87.0 Å². The monoisotopic (exact) mass is 812 g/mol. The van der Waals surface area contributed by atoms with E-state index in [2.05, 4.69) is 54.2 Å². The highest BCUT2D eigenvalue weighted by molar-refractivity contribution is 5.73. The first-order chi connectivity index (χ1) is 27.5. The molecule has 4 heterocycles. The molecule has 0 spiro atoms. The van der Waals surface area contributed by atoms with E-state index in [1.807, 2.05) is 57.4 Å². The maximum absolute atomic E-state index is 12.4. The lowest BCUT2D eigenvalue weighted by Gasteiger charge is -2.36. The molecule has 4 N–H and O–H groups in total. The minimum atomic E-state index is -5.08. The predicted octanol–water partition coefficient (Wildman–Crippen LogP) is 4.86. The van der Waals surface area contributed by atoms with Crippen LogP contribution in [0.3, 0.4) is 0 Å². The molecule has 58 heavy (non-hydrogen) atoms. The number of amides is 1. The van der Waals surface area contributed by atoms with Crippen molar-refractivity contribution in [3.8, 4) is 11.5 Å². The molecule has 16 nitrogen and oxygen atoms in total. The zero-order valence-electron chi connectivity index (χ0n) is 33.3. The molecule has 2 aromatic carbocycles. The lowest BCUT2D eigenvalue weighted by molar-refractivity contribution is -0.192. The van der Waals surface area contributed by atoms with E-state index in [1.54, 1.807) is 31.5 Å². The van der Waals surface area contributed by atoms with E-state index in [0.717, 1.165) is 60.2 Å². The van der Waals surface area contributed by atoms with Crippen molar-refractivity contribution < 1.29 is 42.1 Å². The Balaban J connectivity index is 0.000000302. The Hall–Kier alpha value is -6.11. The second-order valence-corrected chi connectivity index (χ2v) is 14.1. The van der Waals surface area contributed by atoms with Crippen molar-refractivity contribution in [1.29, 1.82) is 0 Å². The number of methoxy groups -OCH3 is 2. The van der Waals surface area contributed by atoms with Crippen LogP contribution in [-0.4, -0.2) is 120 Å². The smallest absolute Gasteiger partial charge is 0.490 e. The first-order valence-electron chi connectivity index (χ1n) is 18.4. The number of aliphatic carboxylic acids is 1. The average Bonchev–Trinajstić information content (AvgIpc) is 3.21. The number of carbonyl (C=O) groups excluding carboxylic acids is 1. The molecule has 0 aliphatic carbocycles. The third-order valence-electron chi connectivity index (χ3n) is 8.65. The number of aromatic nitrogens is 4. The molecule has 6 rings (SSSR count). The molecule has 0 saturated carbocycles. The van der Waals surface area contributed by atoms with E-state index in [-0.39, 0.29) is 6.09 Å². The number of nitrogens with zero attached hydrogens (tertiary/aromatic N) is 8. The maximum atomic E-state index is 12.4. The highest BCUT2D eigenvalue weighted by Gasteiger charge is 2.38. The normalized spacial score (nSPS) is 14.2. The second kappa shape index (κ2) is 20.9. The van der Waals surface area contributed by atoms with Gasteiger partial charge in [-0.2, -0.15) is 13.2 Å². The van der Waals surface area contributed by atoms with E-state index in [1.165, 1.54) is 0 Å². The fraction of sp³-hybridized carbons (Fsp3) is 0.436. The molecule has 2 aliphatic rings. The van der Waals surface area contributed by atoms with Gasteiger partial charge in [0.1, 0.15) is 17.1 Å². The van der Waals surface area contributed by atoms with Gasteiger partial charge < -0.3 is 50.0 Å². The number of alkyl halides is 3. The van der Waals surface area contributed by atoms with Crippen molar-refractivity contribution in [3.63, 3.8) is 0 Å². The van der Waals surface area contributed by atoms with Crippen LogP contribution in [0.5, 0.6) is 11.5 Å². The number of hydrogen-bond donors (Lipinski definition) is 3. The summed E-state index contributed by atoms with van der Waals surface area (Å²) in [5, 5.41) is 10.4.